The predicted octanol–water partition coefficient (Wildman–Crippen LogP) is 5.18. The van der Waals surface area contributed by atoms with Crippen LogP contribution in [0.3, 0.4) is 0 Å². The van der Waals surface area contributed by atoms with E-state index >= 15 is 0 Å². The second kappa shape index (κ2) is 8.03. The van der Waals surface area contributed by atoms with E-state index in [2.05, 4.69) is 9.88 Å². The summed E-state index contributed by atoms with van der Waals surface area (Å²) in [6.45, 7) is 3.56. The Kier molecular flexibility index (Phi) is 5.31. The first-order valence-corrected chi connectivity index (χ1v) is 9.70. The van der Waals surface area contributed by atoms with Gasteiger partial charge in [-0.1, -0.05) is 41.9 Å². The van der Waals surface area contributed by atoms with Crippen molar-refractivity contribution in [1.29, 1.82) is 0 Å². The lowest BCUT2D eigenvalue weighted by Gasteiger charge is -2.21. The van der Waals surface area contributed by atoms with Crippen LogP contribution in [0, 0.1) is 6.92 Å². The van der Waals surface area contributed by atoms with E-state index in [9.17, 15) is 4.79 Å². The van der Waals surface area contributed by atoms with Crippen LogP contribution in [0.2, 0.25) is 5.02 Å². The van der Waals surface area contributed by atoms with Crippen molar-refractivity contribution in [3.05, 3.63) is 76.9 Å². The number of ether oxygens (including phenoxy) is 1. The molecule has 0 spiro atoms. The number of benzene rings is 2. The Morgan fingerprint density at radius 2 is 2.04 bits per heavy atom. The van der Waals surface area contributed by atoms with Crippen molar-refractivity contribution < 1.29 is 9.53 Å². The lowest BCUT2D eigenvalue weighted by atomic mass is 10.0. The molecule has 1 aliphatic rings. The molecule has 1 aliphatic heterocycles. The molecule has 4 rings (SSSR count). The molecular weight excluding hydrogens is 372 g/mol. The number of carbonyl (C=O) groups excluding carboxylic acids is 1. The number of anilines is 1. The molecule has 0 unspecified atom stereocenters. The minimum absolute atomic E-state index is 0.0537. The summed E-state index contributed by atoms with van der Waals surface area (Å²) >= 11 is 6.31. The molecule has 0 amide bonds. The van der Waals surface area contributed by atoms with Gasteiger partial charge in [-0.3, -0.25) is 4.79 Å². The molecule has 1 fully saturated rings. The van der Waals surface area contributed by atoms with Gasteiger partial charge >= 0.3 is 0 Å². The molecule has 5 heteroatoms. The SMILES string of the molecule is Cc1ccc(O[C@H]2CCN(c3ccc(-c4ccccc4Cl)cc3C=O)C2)nc1. The number of aldehydes is 1. The summed E-state index contributed by atoms with van der Waals surface area (Å²) in [5.74, 6) is 0.641. The van der Waals surface area contributed by atoms with Crippen LogP contribution in [-0.4, -0.2) is 30.5 Å². The Balaban J connectivity index is 1.52. The fraction of sp³-hybridized carbons (Fsp3) is 0.217. The predicted molar refractivity (Wildman–Crippen MR) is 112 cm³/mol. The maximum atomic E-state index is 11.8. The highest BCUT2D eigenvalue weighted by atomic mass is 35.5. The van der Waals surface area contributed by atoms with E-state index in [1.165, 1.54) is 0 Å². The van der Waals surface area contributed by atoms with E-state index < -0.39 is 0 Å². The molecule has 142 valence electrons. The Hall–Kier alpha value is -2.85. The summed E-state index contributed by atoms with van der Waals surface area (Å²) in [5.41, 5.74) is 4.55. The number of halogens is 1. The second-order valence-electron chi connectivity index (χ2n) is 7.02. The smallest absolute Gasteiger partial charge is 0.213 e. The van der Waals surface area contributed by atoms with Crippen molar-refractivity contribution in [3.63, 3.8) is 0 Å². The van der Waals surface area contributed by atoms with Crippen molar-refractivity contribution in [2.24, 2.45) is 0 Å². The Labute approximate surface area is 169 Å². The van der Waals surface area contributed by atoms with Crippen LogP contribution in [0.25, 0.3) is 11.1 Å². The minimum Gasteiger partial charge on any atom is -0.472 e. The summed E-state index contributed by atoms with van der Waals surface area (Å²) in [6.07, 6.45) is 3.66. The normalized spacial score (nSPS) is 16.2. The van der Waals surface area contributed by atoms with Crippen LogP contribution in [0.4, 0.5) is 5.69 Å². The van der Waals surface area contributed by atoms with Crippen LogP contribution in [0.15, 0.2) is 60.8 Å². The van der Waals surface area contributed by atoms with Gasteiger partial charge in [-0.15, -0.1) is 0 Å². The third-order valence-electron chi connectivity index (χ3n) is 5.00. The van der Waals surface area contributed by atoms with E-state index in [4.69, 9.17) is 16.3 Å². The van der Waals surface area contributed by atoms with Crippen LogP contribution < -0.4 is 9.64 Å². The quantitative estimate of drug-likeness (QED) is 0.561. The fourth-order valence-electron chi connectivity index (χ4n) is 3.54. The number of aryl methyl sites for hydroxylation is 1. The van der Waals surface area contributed by atoms with Crippen molar-refractivity contribution in [2.75, 3.05) is 18.0 Å². The highest BCUT2D eigenvalue weighted by molar-refractivity contribution is 6.33. The molecule has 0 N–H and O–H groups in total. The highest BCUT2D eigenvalue weighted by Crippen LogP contribution is 2.32. The standard InChI is InChI=1S/C23H21ClN2O2/c1-16-6-9-23(25-13-16)28-19-10-11-26(14-19)22-8-7-17(12-18(22)15-27)20-4-2-3-5-21(20)24/h2-9,12-13,15,19H,10-11,14H2,1H3/t19-/m0/s1. The molecule has 2 aromatic carbocycles. The topological polar surface area (TPSA) is 42.4 Å². The number of pyridine rings is 1. The largest absolute Gasteiger partial charge is 0.472 e. The van der Waals surface area contributed by atoms with Gasteiger partial charge in [0.1, 0.15) is 6.10 Å². The molecule has 3 aromatic rings. The third kappa shape index (κ3) is 3.87. The minimum atomic E-state index is 0.0537. The van der Waals surface area contributed by atoms with Gasteiger partial charge in [0.15, 0.2) is 6.29 Å². The van der Waals surface area contributed by atoms with Crippen molar-refractivity contribution in [1.82, 2.24) is 4.98 Å². The van der Waals surface area contributed by atoms with Gasteiger partial charge in [0.25, 0.3) is 0 Å². The average molecular weight is 393 g/mol. The zero-order valence-electron chi connectivity index (χ0n) is 15.6. The molecular formula is C23H21ClN2O2. The Morgan fingerprint density at radius 3 is 2.79 bits per heavy atom. The van der Waals surface area contributed by atoms with Gasteiger partial charge in [0.2, 0.25) is 5.88 Å². The van der Waals surface area contributed by atoms with Gasteiger partial charge in [-0.2, -0.15) is 0 Å². The Morgan fingerprint density at radius 1 is 1.18 bits per heavy atom. The molecule has 4 nitrogen and oxygen atoms in total. The van der Waals surface area contributed by atoms with Gasteiger partial charge in [-0.25, -0.2) is 4.98 Å². The number of carbonyl (C=O) groups is 1. The second-order valence-corrected chi connectivity index (χ2v) is 7.43. The van der Waals surface area contributed by atoms with E-state index in [0.717, 1.165) is 48.2 Å². The summed E-state index contributed by atoms with van der Waals surface area (Å²) in [7, 11) is 0. The van der Waals surface area contributed by atoms with Crippen LogP contribution in [-0.2, 0) is 0 Å². The number of hydrogen-bond acceptors (Lipinski definition) is 4. The molecule has 0 bridgehead atoms. The average Bonchev–Trinajstić information content (AvgIpc) is 3.18. The van der Waals surface area contributed by atoms with Gasteiger partial charge in [0.05, 0.1) is 6.54 Å². The summed E-state index contributed by atoms with van der Waals surface area (Å²) in [4.78, 5) is 18.3. The molecule has 0 saturated carbocycles. The molecule has 0 aliphatic carbocycles. The number of rotatable bonds is 5. The maximum absolute atomic E-state index is 11.8. The Bertz CT molecular complexity index is 988. The van der Waals surface area contributed by atoms with Gasteiger partial charge in [-0.05, 0) is 36.2 Å². The molecule has 1 aromatic heterocycles. The molecule has 1 atom stereocenters. The van der Waals surface area contributed by atoms with Crippen LogP contribution in [0.1, 0.15) is 22.3 Å². The van der Waals surface area contributed by atoms with E-state index in [1.807, 2.05) is 61.5 Å². The molecule has 2 heterocycles. The van der Waals surface area contributed by atoms with E-state index in [0.29, 0.717) is 16.5 Å². The third-order valence-corrected chi connectivity index (χ3v) is 5.33. The first-order valence-electron chi connectivity index (χ1n) is 9.32. The number of hydrogen-bond donors (Lipinski definition) is 0. The number of nitrogens with zero attached hydrogens (tertiary/aromatic N) is 2. The van der Waals surface area contributed by atoms with Gasteiger partial charge < -0.3 is 9.64 Å². The maximum Gasteiger partial charge on any atom is 0.213 e. The zero-order valence-corrected chi connectivity index (χ0v) is 16.4. The van der Waals surface area contributed by atoms with E-state index in [1.54, 1.807) is 6.20 Å². The van der Waals surface area contributed by atoms with Crippen molar-refractivity contribution in [3.8, 4) is 17.0 Å². The molecule has 1 saturated heterocycles. The summed E-state index contributed by atoms with van der Waals surface area (Å²) < 4.78 is 6.01. The van der Waals surface area contributed by atoms with Crippen LogP contribution >= 0.6 is 11.6 Å². The lowest BCUT2D eigenvalue weighted by Crippen LogP contribution is -2.25. The van der Waals surface area contributed by atoms with Gasteiger partial charge in [0, 0.05) is 47.1 Å². The van der Waals surface area contributed by atoms with Crippen LogP contribution in [0.5, 0.6) is 5.88 Å². The summed E-state index contributed by atoms with van der Waals surface area (Å²) in [5, 5.41) is 0.673. The first kappa shape index (κ1) is 18.5. The monoisotopic (exact) mass is 392 g/mol. The summed E-state index contributed by atoms with van der Waals surface area (Å²) in [6, 6.07) is 17.5. The number of aromatic nitrogens is 1. The van der Waals surface area contributed by atoms with E-state index in [-0.39, 0.29) is 6.10 Å². The first-order chi connectivity index (χ1) is 13.6. The zero-order chi connectivity index (χ0) is 19.5. The fourth-order valence-corrected chi connectivity index (χ4v) is 3.78. The van der Waals surface area contributed by atoms with Crippen molar-refractivity contribution in [2.45, 2.75) is 19.4 Å². The molecule has 0 radical (unpaired) electrons. The molecule has 28 heavy (non-hydrogen) atoms. The lowest BCUT2D eigenvalue weighted by molar-refractivity contribution is 0.112. The van der Waals surface area contributed by atoms with Crippen molar-refractivity contribution >= 4 is 23.6 Å². The highest BCUT2D eigenvalue weighted by Gasteiger charge is 2.26.